The van der Waals surface area contributed by atoms with Crippen LogP contribution in [0.1, 0.15) is 56.7 Å². The molecule has 0 radical (unpaired) electrons. The summed E-state index contributed by atoms with van der Waals surface area (Å²) in [5.74, 6) is 0. The van der Waals surface area contributed by atoms with Crippen molar-refractivity contribution in [1.29, 1.82) is 0 Å². The summed E-state index contributed by atoms with van der Waals surface area (Å²) in [5, 5.41) is 3.85. The van der Waals surface area contributed by atoms with Gasteiger partial charge in [0.05, 0.1) is 0 Å². The second-order valence-electron chi connectivity index (χ2n) is 5.62. The SMILES string of the molecule is CCC(CC)(CNC1CCCc2ccccc21)SC. The van der Waals surface area contributed by atoms with Crippen molar-refractivity contribution < 1.29 is 0 Å². The van der Waals surface area contributed by atoms with Crippen LogP contribution in [0.15, 0.2) is 24.3 Å². The summed E-state index contributed by atoms with van der Waals surface area (Å²) in [6.45, 7) is 5.76. The minimum Gasteiger partial charge on any atom is -0.309 e. The molecular weight excluding hydrogens is 250 g/mol. The summed E-state index contributed by atoms with van der Waals surface area (Å²) >= 11 is 2.02. The van der Waals surface area contributed by atoms with Gasteiger partial charge in [-0.25, -0.2) is 0 Å². The summed E-state index contributed by atoms with van der Waals surface area (Å²) in [6, 6.07) is 9.52. The van der Waals surface area contributed by atoms with Gasteiger partial charge in [-0.2, -0.15) is 11.8 Å². The van der Waals surface area contributed by atoms with Crippen LogP contribution < -0.4 is 5.32 Å². The van der Waals surface area contributed by atoms with Crippen LogP contribution >= 0.6 is 11.8 Å². The largest absolute Gasteiger partial charge is 0.309 e. The first-order valence-corrected chi connectivity index (χ1v) is 8.83. The second kappa shape index (κ2) is 6.81. The molecule has 19 heavy (non-hydrogen) atoms. The molecule has 1 aromatic rings. The van der Waals surface area contributed by atoms with E-state index in [0.717, 1.165) is 6.54 Å². The monoisotopic (exact) mass is 277 g/mol. The van der Waals surface area contributed by atoms with Gasteiger partial charge in [0, 0.05) is 17.3 Å². The quantitative estimate of drug-likeness (QED) is 0.817. The molecule has 0 spiro atoms. The summed E-state index contributed by atoms with van der Waals surface area (Å²) in [4.78, 5) is 0. The highest BCUT2D eigenvalue weighted by molar-refractivity contribution is 8.00. The number of hydrogen-bond acceptors (Lipinski definition) is 2. The first-order valence-electron chi connectivity index (χ1n) is 7.61. The zero-order valence-electron chi connectivity index (χ0n) is 12.5. The topological polar surface area (TPSA) is 12.0 Å². The Hall–Kier alpha value is -0.470. The smallest absolute Gasteiger partial charge is 0.0323 e. The predicted octanol–water partition coefficient (Wildman–Crippen LogP) is 4.58. The molecule has 0 aromatic heterocycles. The van der Waals surface area contributed by atoms with Crippen molar-refractivity contribution in [1.82, 2.24) is 5.32 Å². The Morgan fingerprint density at radius 2 is 2.00 bits per heavy atom. The lowest BCUT2D eigenvalue weighted by atomic mass is 9.87. The molecule has 0 bridgehead atoms. The van der Waals surface area contributed by atoms with E-state index in [9.17, 15) is 0 Å². The summed E-state index contributed by atoms with van der Waals surface area (Å²) in [6.07, 6.45) is 8.60. The summed E-state index contributed by atoms with van der Waals surface area (Å²) in [5.41, 5.74) is 3.09. The normalized spacial score (nSPS) is 19.2. The highest BCUT2D eigenvalue weighted by atomic mass is 32.2. The van der Waals surface area contributed by atoms with Crippen molar-refractivity contribution in [2.45, 2.75) is 56.7 Å². The zero-order chi connectivity index (χ0) is 13.7. The first-order chi connectivity index (χ1) is 9.24. The molecule has 0 aliphatic heterocycles. The number of benzene rings is 1. The third-order valence-electron chi connectivity index (χ3n) is 4.76. The van der Waals surface area contributed by atoms with Gasteiger partial charge in [-0.15, -0.1) is 0 Å². The summed E-state index contributed by atoms with van der Waals surface area (Å²) in [7, 11) is 0. The number of hydrogen-bond donors (Lipinski definition) is 1. The fourth-order valence-corrected chi connectivity index (χ4v) is 3.94. The average Bonchev–Trinajstić information content (AvgIpc) is 2.49. The molecule has 1 atom stereocenters. The van der Waals surface area contributed by atoms with E-state index in [0.29, 0.717) is 10.8 Å². The van der Waals surface area contributed by atoms with Crippen LogP contribution in [0.3, 0.4) is 0 Å². The number of fused-ring (bicyclic) bond motifs is 1. The van der Waals surface area contributed by atoms with Crippen LogP contribution in [0.2, 0.25) is 0 Å². The van der Waals surface area contributed by atoms with Gasteiger partial charge < -0.3 is 5.32 Å². The third kappa shape index (κ3) is 3.35. The van der Waals surface area contributed by atoms with Crippen molar-refractivity contribution in [3.05, 3.63) is 35.4 Å². The van der Waals surface area contributed by atoms with Crippen molar-refractivity contribution >= 4 is 11.8 Å². The van der Waals surface area contributed by atoms with Crippen molar-refractivity contribution in [2.75, 3.05) is 12.8 Å². The fourth-order valence-electron chi connectivity index (χ4n) is 3.14. The molecular formula is C17H27NS. The first kappa shape index (κ1) is 14.9. The molecule has 2 rings (SSSR count). The van der Waals surface area contributed by atoms with Crippen LogP contribution in [0, 0.1) is 0 Å². The molecule has 2 heteroatoms. The lowest BCUT2D eigenvalue weighted by molar-refractivity contribution is 0.410. The molecule has 1 N–H and O–H groups in total. The maximum atomic E-state index is 3.85. The molecule has 0 saturated carbocycles. The van der Waals surface area contributed by atoms with Crippen molar-refractivity contribution in [3.63, 3.8) is 0 Å². The van der Waals surface area contributed by atoms with Gasteiger partial charge in [-0.05, 0) is 49.5 Å². The Kier molecular flexibility index (Phi) is 5.35. The van der Waals surface area contributed by atoms with E-state index in [2.05, 4.69) is 49.7 Å². The van der Waals surface area contributed by atoms with Crippen LogP contribution in [-0.4, -0.2) is 17.5 Å². The Morgan fingerprint density at radius 3 is 2.68 bits per heavy atom. The molecule has 0 amide bonds. The van der Waals surface area contributed by atoms with E-state index in [4.69, 9.17) is 0 Å². The number of thioether (sulfide) groups is 1. The van der Waals surface area contributed by atoms with E-state index in [-0.39, 0.29) is 0 Å². The predicted molar refractivity (Wildman–Crippen MR) is 87.0 cm³/mol. The van der Waals surface area contributed by atoms with E-state index in [1.807, 2.05) is 11.8 Å². The Bertz CT molecular complexity index is 390. The fraction of sp³-hybridized carbons (Fsp3) is 0.647. The molecule has 106 valence electrons. The minimum absolute atomic E-state index is 0.409. The van der Waals surface area contributed by atoms with Crippen LogP contribution in [0.4, 0.5) is 0 Å². The maximum absolute atomic E-state index is 3.85. The molecule has 1 aliphatic carbocycles. The molecule has 1 nitrogen and oxygen atoms in total. The molecule has 0 heterocycles. The van der Waals surface area contributed by atoms with E-state index in [1.54, 1.807) is 5.56 Å². The van der Waals surface area contributed by atoms with Gasteiger partial charge >= 0.3 is 0 Å². The van der Waals surface area contributed by atoms with Crippen LogP contribution in [-0.2, 0) is 6.42 Å². The van der Waals surface area contributed by atoms with Crippen LogP contribution in [0.5, 0.6) is 0 Å². The summed E-state index contributed by atoms with van der Waals surface area (Å²) < 4.78 is 0.409. The molecule has 1 aliphatic rings. The highest BCUT2D eigenvalue weighted by Crippen LogP contribution is 2.33. The van der Waals surface area contributed by atoms with Gasteiger partial charge in [-0.1, -0.05) is 38.1 Å². The zero-order valence-corrected chi connectivity index (χ0v) is 13.4. The maximum Gasteiger partial charge on any atom is 0.0323 e. The molecule has 1 aromatic carbocycles. The lowest BCUT2D eigenvalue weighted by Crippen LogP contribution is -2.39. The minimum atomic E-state index is 0.409. The number of aryl methyl sites for hydroxylation is 1. The second-order valence-corrected chi connectivity index (χ2v) is 6.89. The molecule has 0 fully saturated rings. The Balaban J connectivity index is 2.05. The van der Waals surface area contributed by atoms with Gasteiger partial charge in [0.15, 0.2) is 0 Å². The standard InChI is InChI=1S/C17H27NS/c1-4-17(5-2,19-3)13-18-16-12-8-10-14-9-6-7-11-15(14)16/h6-7,9,11,16,18H,4-5,8,10,12-13H2,1-3H3. The molecule has 1 unspecified atom stereocenters. The van der Waals surface area contributed by atoms with E-state index >= 15 is 0 Å². The van der Waals surface area contributed by atoms with Gasteiger partial charge in [-0.3, -0.25) is 0 Å². The van der Waals surface area contributed by atoms with Gasteiger partial charge in [0.2, 0.25) is 0 Å². The third-order valence-corrected chi connectivity index (χ3v) is 6.35. The average molecular weight is 277 g/mol. The Morgan fingerprint density at radius 1 is 1.26 bits per heavy atom. The lowest BCUT2D eigenvalue weighted by Gasteiger charge is -2.34. The Labute approximate surface area is 122 Å². The van der Waals surface area contributed by atoms with Gasteiger partial charge in [0.25, 0.3) is 0 Å². The number of nitrogens with one attached hydrogen (secondary N) is 1. The number of rotatable bonds is 6. The van der Waals surface area contributed by atoms with E-state index in [1.165, 1.54) is 37.7 Å². The van der Waals surface area contributed by atoms with E-state index < -0.39 is 0 Å². The van der Waals surface area contributed by atoms with Crippen molar-refractivity contribution in [3.8, 4) is 0 Å². The molecule has 0 saturated heterocycles. The van der Waals surface area contributed by atoms with Crippen LogP contribution in [0.25, 0.3) is 0 Å². The highest BCUT2D eigenvalue weighted by Gasteiger charge is 2.27. The van der Waals surface area contributed by atoms with Gasteiger partial charge in [0.1, 0.15) is 0 Å². The van der Waals surface area contributed by atoms with Crippen molar-refractivity contribution in [2.24, 2.45) is 0 Å².